The van der Waals surface area contributed by atoms with Gasteiger partial charge >= 0.3 is 0 Å². The number of nitrogens with one attached hydrogen (secondary N) is 1. The normalized spacial score (nSPS) is 18.6. The van der Waals surface area contributed by atoms with Crippen LogP contribution in [0.15, 0.2) is 17.5 Å². The lowest BCUT2D eigenvalue weighted by Gasteiger charge is -2.23. The molecule has 1 aromatic heterocycles. The molecule has 1 aliphatic heterocycles. The molecule has 5 nitrogen and oxygen atoms in total. The molecule has 0 spiro atoms. The Bertz CT molecular complexity index is 433. The van der Waals surface area contributed by atoms with Crippen LogP contribution in [0.25, 0.3) is 0 Å². The summed E-state index contributed by atoms with van der Waals surface area (Å²) in [5.74, 6) is -0.126. The monoisotopic (exact) mass is 282 g/mol. The Hall–Kier alpha value is -1.40. The number of rotatable bonds is 5. The first-order valence-corrected chi connectivity index (χ1v) is 7.23. The van der Waals surface area contributed by atoms with E-state index in [1.54, 1.807) is 18.1 Å². The number of likely N-dealkylation sites (tertiary alicyclic amines) is 1. The smallest absolute Gasteiger partial charge is 0.264 e. The molecule has 0 saturated carbocycles. The van der Waals surface area contributed by atoms with Crippen LogP contribution in [0.4, 0.5) is 0 Å². The van der Waals surface area contributed by atoms with E-state index in [1.807, 2.05) is 11.4 Å². The van der Waals surface area contributed by atoms with E-state index in [2.05, 4.69) is 5.32 Å². The summed E-state index contributed by atoms with van der Waals surface area (Å²) < 4.78 is 4.89. The Kier molecular flexibility index (Phi) is 4.93. The molecule has 0 radical (unpaired) electrons. The van der Waals surface area contributed by atoms with Crippen LogP contribution in [-0.4, -0.2) is 49.6 Å². The highest BCUT2D eigenvalue weighted by Gasteiger charge is 2.34. The Morgan fingerprint density at radius 2 is 2.42 bits per heavy atom. The lowest BCUT2D eigenvalue weighted by molar-refractivity contribution is -0.125. The van der Waals surface area contributed by atoms with Crippen molar-refractivity contribution < 1.29 is 14.3 Å². The zero-order valence-corrected chi connectivity index (χ0v) is 11.7. The molecule has 19 heavy (non-hydrogen) atoms. The minimum Gasteiger partial charge on any atom is -0.383 e. The zero-order valence-electron chi connectivity index (χ0n) is 10.9. The van der Waals surface area contributed by atoms with Crippen molar-refractivity contribution in [1.82, 2.24) is 10.2 Å². The number of nitrogens with zero attached hydrogens (tertiary/aromatic N) is 1. The number of hydrogen-bond donors (Lipinski definition) is 1. The summed E-state index contributed by atoms with van der Waals surface area (Å²) in [4.78, 5) is 26.7. The van der Waals surface area contributed by atoms with Crippen molar-refractivity contribution in [2.45, 2.75) is 18.9 Å². The fraction of sp³-hybridized carbons (Fsp3) is 0.538. The molecule has 0 unspecified atom stereocenters. The molecule has 2 amide bonds. The van der Waals surface area contributed by atoms with Gasteiger partial charge in [-0.3, -0.25) is 9.59 Å². The van der Waals surface area contributed by atoms with Gasteiger partial charge in [0.05, 0.1) is 11.5 Å². The predicted octanol–water partition coefficient (Wildman–Crippen LogP) is 1.12. The van der Waals surface area contributed by atoms with Crippen LogP contribution in [0, 0.1) is 0 Å². The summed E-state index contributed by atoms with van der Waals surface area (Å²) in [6, 6.07) is 3.30. The van der Waals surface area contributed by atoms with Gasteiger partial charge in [-0.1, -0.05) is 6.07 Å². The van der Waals surface area contributed by atoms with Crippen LogP contribution in [0.3, 0.4) is 0 Å². The van der Waals surface area contributed by atoms with Gasteiger partial charge in [-0.25, -0.2) is 0 Å². The van der Waals surface area contributed by atoms with E-state index in [0.717, 1.165) is 12.8 Å². The van der Waals surface area contributed by atoms with E-state index in [9.17, 15) is 9.59 Å². The molecule has 1 aliphatic rings. The number of hydrogen-bond acceptors (Lipinski definition) is 4. The van der Waals surface area contributed by atoms with Crippen molar-refractivity contribution in [3.05, 3.63) is 22.4 Å². The average molecular weight is 282 g/mol. The van der Waals surface area contributed by atoms with Crippen LogP contribution < -0.4 is 5.32 Å². The van der Waals surface area contributed by atoms with Gasteiger partial charge in [-0.05, 0) is 24.3 Å². The SMILES string of the molecule is COCCNC(=O)[C@H]1CCCN1C(=O)c1cccs1. The largest absolute Gasteiger partial charge is 0.383 e. The Labute approximate surface area is 116 Å². The van der Waals surface area contributed by atoms with E-state index in [-0.39, 0.29) is 17.9 Å². The lowest BCUT2D eigenvalue weighted by Crippen LogP contribution is -2.46. The number of carbonyl (C=O) groups is 2. The quantitative estimate of drug-likeness (QED) is 0.823. The van der Waals surface area contributed by atoms with E-state index < -0.39 is 0 Å². The maximum Gasteiger partial charge on any atom is 0.264 e. The standard InChI is InChI=1S/C13H18N2O3S/c1-18-8-6-14-12(16)10-4-2-7-15(10)13(17)11-5-3-9-19-11/h3,5,9-10H,2,4,6-8H2,1H3,(H,14,16)/t10-/m1/s1. The fourth-order valence-corrected chi connectivity index (χ4v) is 2.90. The molecule has 1 N–H and O–H groups in total. The third kappa shape index (κ3) is 3.33. The number of amides is 2. The number of carbonyl (C=O) groups excluding carboxylic acids is 2. The van der Waals surface area contributed by atoms with Gasteiger partial charge in [-0.15, -0.1) is 11.3 Å². The Morgan fingerprint density at radius 1 is 1.58 bits per heavy atom. The maximum atomic E-state index is 12.3. The van der Waals surface area contributed by atoms with Gasteiger partial charge in [0.1, 0.15) is 6.04 Å². The third-order valence-electron chi connectivity index (χ3n) is 3.15. The average Bonchev–Trinajstić information content (AvgIpc) is 3.09. The third-order valence-corrected chi connectivity index (χ3v) is 4.01. The van der Waals surface area contributed by atoms with Gasteiger partial charge in [0.25, 0.3) is 5.91 Å². The molecule has 2 rings (SSSR count). The highest BCUT2D eigenvalue weighted by Crippen LogP contribution is 2.22. The van der Waals surface area contributed by atoms with Crippen molar-refractivity contribution in [2.24, 2.45) is 0 Å². The topological polar surface area (TPSA) is 58.6 Å². The minimum absolute atomic E-state index is 0.0422. The van der Waals surface area contributed by atoms with Crippen molar-refractivity contribution in [2.75, 3.05) is 26.8 Å². The predicted molar refractivity (Wildman–Crippen MR) is 73.3 cm³/mol. The molecule has 104 valence electrons. The van der Waals surface area contributed by atoms with Crippen LogP contribution in [0.5, 0.6) is 0 Å². The van der Waals surface area contributed by atoms with Crippen molar-refractivity contribution in [3.8, 4) is 0 Å². The second kappa shape index (κ2) is 6.68. The molecule has 0 aromatic carbocycles. The summed E-state index contributed by atoms with van der Waals surface area (Å²) in [6.07, 6.45) is 1.61. The van der Waals surface area contributed by atoms with Crippen LogP contribution in [-0.2, 0) is 9.53 Å². The summed E-state index contributed by atoms with van der Waals surface area (Å²) in [6.45, 7) is 1.61. The second-order valence-electron chi connectivity index (χ2n) is 4.42. The molecule has 1 atom stereocenters. The number of ether oxygens (including phenoxy) is 1. The first kappa shape index (κ1) is 14.0. The van der Waals surface area contributed by atoms with Gasteiger partial charge in [0.15, 0.2) is 0 Å². The maximum absolute atomic E-state index is 12.3. The van der Waals surface area contributed by atoms with E-state index in [4.69, 9.17) is 4.74 Å². The van der Waals surface area contributed by atoms with Crippen molar-refractivity contribution >= 4 is 23.2 Å². The molecular formula is C13H18N2O3S. The molecule has 2 heterocycles. The molecular weight excluding hydrogens is 264 g/mol. The highest BCUT2D eigenvalue weighted by molar-refractivity contribution is 7.12. The molecule has 1 aromatic rings. The summed E-state index contributed by atoms with van der Waals surface area (Å²) >= 11 is 1.41. The Morgan fingerprint density at radius 3 is 3.11 bits per heavy atom. The van der Waals surface area contributed by atoms with Crippen LogP contribution >= 0.6 is 11.3 Å². The van der Waals surface area contributed by atoms with Crippen molar-refractivity contribution in [3.63, 3.8) is 0 Å². The van der Waals surface area contributed by atoms with Crippen LogP contribution in [0.1, 0.15) is 22.5 Å². The molecule has 0 aliphatic carbocycles. The first-order valence-electron chi connectivity index (χ1n) is 6.35. The summed E-state index contributed by atoms with van der Waals surface area (Å²) in [7, 11) is 1.59. The fourth-order valence-electron chi connectivity index (χ4n) is 2.22. The number of methoxy groups -OCH3 is 1. The zero-order chi connectivity index (χ0) is 13.7. The van der Waals surface area contributed by atoms with Crippen LogP contribution in [0.2, 0.25) is 0 Å². The highest BCUT2D eigenvalue weighted by atomic mass is 32.1. The molecule has 6 heteroatoms. The van der Waals surface area contributed by atoms with E-state index in [1.165, 1.54) is 11.3 Å². The minimum atomic E-state index is -0.341. The summed E-state index contributed by atoms with van der Waals surface area (Å²) in [5.41, 5.74) is 0. The van der Waals surface area contributed by atoms with E-state index in [0.29, 0.717) is 24.6 Å². The van der Waals surface area contributed by atoms with Crippen molar-refractivity contribution in [1.29, 1.82) is 0 Å². The van der Waals surface area contributed by atoms with Gasteiger partial charge in [0.2, 0.25) is 5.91 Å². The first-order chi connectivity index (χ1) is 9.24. The van der Waals surface area contributed by atoms with Gasteiger partial charge in [0, 0.05) is 20.2 Å². The molecule has 1 saturated heterocycles. The van der Waals surface area contributed by atoms with E-state index >= 15 is 0 Å². The molecule has 0 bridgehead atoms. The number of thiophene rings is 1. The molecule has 1 fully saturated rings. The Balaban J connectivity index is 1.96. The van der Waals surface area contributed by atoms with Gasteiger partial charge < -0.3 is 15.0 Å². The van der Waals surface area contributed by atoms with Gasteiger partial charge in [-0.2, -0.15) is 0 Å². The lowest BCUT2D eigenvalue weighted by atomic mass is 10.2. The summed E-state index contributed by atoms with van der Waals surface area (Å²) in [5, 5.41) is 4.67. The second-order valence-corrected chi connectivity index (χ2v) is 5.37.